The molecular formula is C20H22N4O2. The normalized spacial score (nSPS) is 14.5. The number of carboxylic acids is 1. The van der Waals surface area contributed by atoms with Gasteiger partial charge in [-0.25, -0.2) is 14.5 Å². The Morgan fingerprint density at radius 2 is 1.85 bits per heavy atom. The van der Waals surface area contributed by atoms with E-state index in [0.29, 0.717) is 5.65 Å². The van der Waals surface area contributed by atoms with Gasteiger partial charge in [0.15, 0.2) is 11.3 Å². The van der Waals surface area contributed by atoms with E-state index in [1.54, 1.807) is 10.7 Å². The minimum atomic E-state index is -1.03. The van der Waals surface area contributed by atoms with Crippen LogP contribution in [0.15, 0.2) is 36.4 Å². The maximum atomic E-state index is 11.4. The summed E-state index contributed by atoms with van der Waals surface area (Å²) >= 11 is 0. The van der Waals surface area contributed by atoms with Crippen LogP contribution >= 0.6 is 0 Å². The van der Waals surface area contributed by atoms with Crippen LogP contribution < -0.4 is 4.90 Å². The van der Waals surface area contributed by atoms with Crippen LogP contribution in [0.5, 0.6) is 0 Å². The summed E-state index contributed by atoms with van der Waals surface area (Å²) in [6.45, 7) is 6.31. The lowest BCUT2D eigenvalue weighted by Gasteiger charge is -2.18. The Bertz CT molecular complexity index is 971. The molecule has 2 aromatic heterocycles. The lowest BCUT2D eigenvalue weighted by atomic mass is 10.1. The highest BCUT2D eigenvalue weighted by Gasteiger charge is 2.19. The summed E-state index contributed by atoms with van der Waals surface area (Å²) in [7, 11) is 0. The third-order valence-corrected chi connectivity index (χ3v) is 4.87. The van der Waals surface area contributed by atoms with Gasteiger partial charge >= 0.3 is 5.97 Å². The summed E-state index contributed by atoms with van der Waals surface area (Å²) in [5, 5.41) is 15.0. The number of aromatic nitrogens is 3. The Kier molecular flexibility index (Phi) is 4.11. The molecule has 4 rings (SSSR count). The van der Waals surface area contributed by atoms with E-state index in [4.69, 9.17) is 5.10 Å². The topological polar surface area (TPSA) is 71.2 Å². The molecule has 1 N–H and O–H groups in total. The van der Waals surface area contributed by atoms with Crippen LogP contribution in [0.2, 0.25) is 0 Å². The molecule has 134 valence electrons. The molecule has 1 aliphatic heterocycles. The smallest absolute Gasteiger partial charge is 0.354 e. The summed E-state index contributed by atoms with van der Waals surface area (Å²) in [6.07, 6.45) is 2.44. The van der Waals surface area contributed by atoms with Crippen molar-refractivity contribution in [2.24, 2.45) is 0 Å². The fourth-order valence-electron chi connectivity index (χ4n) is 3.54. The number of carbonyl (C=O) groups is 1. The Morgan fingerprint density at radius 1 is 1.12 bits per heavy atom. The molecule has 1 aliphatic rings. The summed E-state index contributed by atoms with van der Waals surface area (Å²) in [5.41, 5.74) is 3.62. The predicted molar refractivity (Wildman–Crippen MR) is 101 cm³/mol. The van der Waals surface area contributed by atoms with Crippen LogP contribution in [-0.4, -0.2) is 38.9 Å². The van der Waals surface area contributed by atoms with E-state index >= 15 is 0 Å². The lowest BCUT2D eigenvalue weighted by Crippen LogP contribution is -2.17. The zero-order valence-corrected chi connectivity index (χ0v) is 15.0. The van der Waals surface area contributed by atoms with Gasteiger partial charge < -0.3 is 10.0 Å². The van der Waals surface area contributed by atoms with E-state index in [1.807, 2.05) is 18.2 Å². The summed E-state index contributed by atoms with van der Waals surface area (Å²) in [6, 6.07) is 11.6. The van der Waals surface area contributed by atoms with E-state index in [2.05, 4.69) is 35.9 Å². The number of hydrogen-bond donors (Lipinski definition) is 1. The first-order chi connectivity index (χ1) is 12.5. The molecule has 0 saturated carbocycles. The van der Waals surface area contributed by atoms with Crippen LogP contribution in [0.4, 0.5) is 5.69 Å². The van der Waals surface area contributed by atoms with Crippen molar-refractivity contribution < 1.29 is 9.90 Å². The van der Waals surface area contributed by atoms with Gasteiger partial charge in [-0.2, -0.15) is 5.10 Å². The van der Waals surface area contributed by atoms with Crippen molar-refractivity contribution in [3.63, 3.8) is 0 Å². The van der Waals surface area contributed by atoms with E-state index in [1.165, 1.54) is 18.5 Å². The Morgan fingerprint density at radius 3 is 2.54 bits per heavy atom. The van der Waals surface area contributed by atoms with Crippen LogP contribution in [0.25, 0.3) is 16.7 Å². The molecular weight excluding hydrogens is 328 g/mol. The molecule has 0 amide bonds. The van der Waals surface area contributed by atoms with Gasteiger partial charge in [-0.15, -0.1) is 0 Å². The second kappa shape index (κ2) is 6.44. The third-order valence-electron chi connectivity index (χ3n) is 4.87. The number of benzene rings is 1. The van der Waals surface area contributed by atoms with Crippen LogP contribution in [0.1, 0.15) is 48.8 Å². The molecule has 0 atom stereocenters. The first kappa shape index (κ1) is 16.6. The summed E-state index contributed by atoms with van der Waals surface area (Å²) in [4.78, 5) is 18.1. The molecule has 3 heterocycles. The molecule has 0 bridgehead atoms. The van der Waals surface area contributed by atoms with Gasteiger partial charge in [-0.05, 0) is 49.1 Å². The highest BCUT2D eigenvalue weighted by Crippen LogP contribution is 2.28. The highest BCUT2D eigenvalue weighted by molar-refractivity contribution is 5.90. The number of fused-ring (bicyclic) bond motifs is 1. The van der Waals surface area contributed by atoms with E-state index in [-0.39, 0.29) is 11.6 Å². The van der Waals surface area contributed by atoms with Crippen molar-refractivity contribution in [2.45, 2.75) is 32.6 Å². The van der Waals surface area contributed by atoms with Crippen molar-refractivity contribution >= 4 is 22.7 Å². The van der Waals surface area contributed by atoms with E-state index in [0.717, 1.165) is 29.9 Å². The number of anilines is 1. The fourth-order valence-corrected chi connectivity index (χ4v) is 3.54. The number of aromatic carboxylic acids is 1. The molecule has 1 aromatic carbocycles. The van der Waals surface area contributed by atoms with Gasteiger partial charge in [-0.1, -0.05) is 19.9 Å². The number of nitrogens with zero attached hydrogens (tertiary/aromatic N) is 4. The zero-order valence-electron chi connectivity index (χ0n) is 15.0. The molecule has 3 aromatic rings. The first-order valence-corrected chi connectivity index (χ1v) is 9.03. The predicted octanol–water partition coefficient (Wildman–Crippen LogP) is 3.84. The second-order valence-electron chi connectivity index (χ2n) is 7.04. The minimum absolute atomic E-state index is 0.0321. The largest absolute Gasteiger partial charge is 0.477 e. The average molecular weight is 350 g/mol. The number of carboxylic acid groups (broad SMARTS) is 1. The molecule has 6 nitrogen and oxygen atoms in total. The maximum absolute atomic E-state index is 11.4. The van der Waals surface area contributed by atoms with Crippen molar-refractivity contribution in [2.75, 3.05) is 18.0 Å². The second-order valence-corrected chi connectivity index (χ2v) is 7.04. The molecule has 1 fully saturated rings. The monoisotopic (exact) mass is 350 g/mol. The Hall–Kier alpha value is -2.89. The minimum Gasteiger partial charge on any atom is -0.477 e. The fraction of sp³-hybridized carbons (Fsp3) is 0.350. The quantitative estimate of drug-likeness (QED) is 0.774. The summed E-state index contributed by atoms with van der Waals surface area (Å²) < 4.78 is 1.77. The van der Waals surface area contributed by atoms with Crippen molar-refractivity contribution in [1.29, 1.82) is 0 Å². The van der Waals surface area contributed by atoms with Crippen LogP contribution in [0.3, 0.4) is 0 Å². The van der Waals surface area contributed by atoms with E-state index < -0.39 is 5.97 Å². The maximum Gasteiger partial charge on any atom is 0.354 e. The van der Waals surface area contributed by atoms with Crippen molar-refractivity contribution in [3.8, 4) is 5.69 Å². The van der Waals surface area contributed by atoms with Gasteiger partial charge in [0.05, 0.1) is 11.4 Å². The van der Waals surface area contributed by atoms with Gasteiger partial charge in [0.25, 0.3) is 0 Å². The Labute approximate surface area is 152 Å². The van der Waals surface area contributed by atoms with Gasteiger partial charge in [0, 0.05) is 24.2 Å². The number of rotatable bonds is 4. The molecule has 1 saturated heterocycles. The first-order valence-electron chi connectivity index (χ1n) is 9.03. The number of pyridine rings is 1. The molecule has 0 radical (unpaired) electrons. The van der Waals surface area contributed by atoms with Crippen molar-refractivity contribution in [3.05, 3.63) is 47.8 Å². The lowest BCUT2D eigenvalue weighted by molar-refractivity contribution is 0.0691. The zero-order chi connectivity index (χ0) is 18.3. The van der Waals surface area contributed by atoms with Gasteiger partial charge in [0.1, 0.15) is 0 Å². The van der Waals surface area contributed by atoms with Gasteiger partial charge in [0.2, 0.25) is 0 Å². The standard InChI is InChI=1S/C20H22N4O2/c1-13(2)18-16-8-9-17(20(25)26)21-19(16)24(22-18)15-7-5-6-14(12-15)23-10-3-4-11-23/h5-9,12-13H,3-4,10-11H2,1-2H3,(H,25,26). The summed E-state index contributed by atoms with van der Waals surface area (Å²) in [5.74, 6) is -0.811. The van der Waals surface area contributed by atoms with Crippen LogP contribution in [0, 0.1) is 0 Å². The molecule has 6 heteroatoms. The van der Waals surface area contributed by atoms with Gasteiger partial charge in [-0.3, -0.25) is 0 Å². The van der Waals surface area contributed by atoms with Crippen molar-refractivity contribution in [1.82, 2.24) is 14.8 Å². The van der Waals surface area contributed by atoms with E-state index in [9.17, 15) is 9.90 Å². The molecule has 26 heavy (non-hydrogen) atoms. The molecule has 0 aliphatic carbocycles. The SMILES string of the molecule is CC(C)c1nn(-c2cccc(N3CCCC3)c2)c2nc(C(=O)O)ccc12. The Balaban J connectivity index is 1.88. The molecule has 0 spiro atoms. The molecule has 0 unspecified atom stereocenters. The number of hydrogen-bond acceptors (Lipinski definition) is 4. The third kappa shape index (κ3) is 2.81. The highest BCUT2D eigenvalue weighted by atomic mass is 16.4. The average Bonchev–Trinajstić information content (AvgIpc) is 3.29. The van der Waals surface area contributed by atoms with Crippen LogP contribution in [-0.2, 0) is 0 Å².